The smallest absolute Gasteiger partial charge is 0.214 e. The molecule has 3 unspecified atom stereocenters. The first-order chi connectivity index (χ1) is 20.0. The first kappa shape index (κ1) is 31.2. The molecule has 0 amide bonds. The molecule has 0 spiro atoms. The number of nitrogens with one attached hydrogen (secondary N) is 1. The van der Waals surface area contributed by atoms with E-state index in [1.165, 1.54) is 18.2 Å². The summed E-state index contributed by atoms with van der Waals surface area (Å²) < 4.78 is 62.3. The molecule has 3 aliphatic rings. The van der Waals surface area contributed by atoms with Gasteiger partial charge >= 0.3 is 0 Å². The first-order valence-corrected chi connectivity index (χ1v) is 16.8. The van der Waals surface area contributed by atoms with Crippen LogP contribution in [0.2, 0.25) is 0 Å². The van der Waals surface area contributed by atoms with E-state index in [9.17, 15) is 17.6 Å². The Morgan fingerprint density at radius 1 is 1.12 bits per heavy atom. The molecule has 2 aromatic rings. The molecule has 3 N–H and O–H groups in total. The molecule has 8 atom stereocenters. The molecule has 10 heteroatoms. The number of hydrogen-bond acceptors (Lipinski definition) is 6. The lowest BCUT2D eigenvalue weighted by atomic mass is 9.73. The number of nitrogens with two attached hydrogens (primary N) is 1. The van der Waals surface area contributed by atoms with Crippen molar-refractivity contribution in [1.82, 2.24) is 9.62 Å². The van der Waals surface area contributed by atoms with Crippen molar-refractivity contribution < 1.29 is 26.7 Å². The summed E-state index contributed by atoms with van der Waals surface area (Å²) in [7, 11) is -3.36. The van der Waals surface area contributed by atoms with Gasteiger partial charge in [-0.2, -0.15) is 4.31 Å². The van der Waals surface area contributed by atoms with Crippen LogP contribution >= 0.6 is 0 Å². The van der Waals surface area contributed by atoms with Gasteiger partial charge in [0.15, 0.2) is 5.78 Å². The average molecular weight is 604 g/mol. The summed E-state index contributed by atoms with van der Waals surface area (Å²) in [6, 6.07) is 9.93. The number of sulfonamides is 1. The molecular formula is C32H43F2N3O4S. The summed E-state index contributed by atoms with van der Waals surface area (Å²) in [5.74, 6) is -1.10. The number of ether oxygens (including phenoxy) is 1. The first-order valence-electron chi connectivity index (χ1n) is 15.2. The van der Waals surface area contributed by atoms with Crippen LogP contribution < -0.4 is 11.1 Å². The fraction of sp³-hybridized carbons (Fsp3) is 0.594. The van der Waals surface area contributed by atoms with Crippen LogP contribution in [0, 0.1) is 17.6 Å². The summed E-state index contributed by atoms with van der Waals surface area (Å²) in [6.45, 7) is 4.99. The van der Waals surface area contributed by atoms with Crippen LogP contribution in [0.25, 0.3) is 0 Å². The quantitative estimate of drug-likeness (QED) is 0.448. The Morgan fingerprint density at radius 2 is 1.83 bits per heavy atom. The molecule has 5 rings (SSSR count). The van der Waals surface area contributed by atoms with Crippen molar-refractivity contribution in [3.8, 4) is 0 Å². The molecule has 7 nitrogen and oxygen atoms in total. The van der Waals surface area contributed by atoms with Crippen molar-refractivity contribution in [3.05, 3.63) is 70.8 Å². The van der Waals surface area contributed by atoms with E-state index >= 15 is 4.39 Å². The number of halogens is 2. The van der Waals surface area contributed by atoms with Crippen molar-refractivity contribution in [2.75, 3.05) is 18.8 Å². The lowest BCUT2D eigenvalue weighted by Crippen LogP contribution is -2.57. The Balaban J connectivity index is 1.34. The zero-order valence-corrected chi connectivity index (χ0v) is 25.3. The van der Waals surface area contributed by atoms with Crippen molar-refractivity contribution in [3.63, 3.8) is 0 Å². The standard InChI is InChI=1S/C32H43F2N3O4S/c1-20-15-24(16-21(2)41-20)31(22-8-10-25(33)11-9-22)32(35)30(38)17-23-5-3-7-29(34)28(23)13-12-27-18-36-26-6-4-14-42(39,40)37(27)19-26/h3,5,7-11,20-21,24,26-27,31-32,36H,4,6,12-19,35H2,1-2H3/t20-,21+,24?,26-,27+,31?,32-/m1/s1. The Hall–Kier alpha value is -2.24. The maximum Gasteiger partial charge on any atom is 0.214 e. The number of rotatable bonds is 9. The van der Waals surface area contributed by atoms with Crippen molar-refractivity contribution in [2.24, 2.45) is 11.7 Å². The van der Waals surface area contributed by atoms with Crippen LogP contribution in [-0.4, -0.2) is 67.7 Å². The van der Waals surface area contributed by atoms with Gasteiger partial charge in [0.2, 0.25) is 10.0 Å². The molecular weight excluding hydrogens is 560 g/mol. The lowest BCUT2D eigenvalue weighted by molar-refractivity contribution is -0.121. The molecule has 0 aromatic heterocycles. The minimum Gasteiger partial charge on any atom is -0.376 e. The van der Waals surface area contributed by atoms with E-state index in [4.69, 9.17) is 10.5 Å². The average Bonchev–Trinajstić information content (AvgIpc) is 3.05. The second-order valence-corrected chi connectivity index (χ2v) is 14.5. The number of carbonyl (C=O) groups excluding carboxylic acids is 1. The van der Waals surface area contributed by atoms with Crippen LogP contribution in [-0.2, 0) is 32.4 Å². The van der Waals surface area contributed by atoms with Crippen molar-refractivity contribution in [1.29, 1.82) is 0 Å². The van der Waals surface area contributed by atoms with Gasteiger partial charge in [0.25, 0.3) is 0 Å². The second kappa shape index (κ2) is 13.2. The number of piperazine rings is 1. The molecule has 230 valence electrons. The van der Waals surface area contributed by atoms with Crippen LogP contribution in [0.3, 0.4) is 0 Å². The van der Waals surface area contributed by atoms with Gasteiger partial charge in [-0.1, -0.05) is 24.3 Å². The molecule has 2 aromatic carbocycles. The van der Waals surface area contributed by atoms with Gasteiger partial charge in [-0.25, -0.2) is 17.2 Å². The zero-order valence-electron chi connectivity index (χ0n) is 24.5. The van der Waals surface area contributed by atoms with Gasteiger partial charge in [-0.15, -0.1) is 0 Å². The highest BCUT2D eigenvalue weighted by atomic mass is 32.2. The van der Waals surface area contributed by atoms with Crippen LogP contribution in [0.5, 0.6) is 0 Å². The fourth-order valence-electron chi connectivity index (χ4n) is 7.32. The fourth-order valence-corrected chi connectivity index (χ4v) is 9.13. The molecule has 3 aliphatic heterocycles. The van der Waals surface area contributed by atoms with Gasteiger partial charge in [0, 0.05) is 37.5 Å². The van der Waals surface area contributed by atoms with E-state index < -0.39 is 21.9 Å². The maximum atomic E-state index is 15.2. The summed E-state index contributed by atoms with van der Waals surface area (Å²) >= 11 is 0. The summed E-state index contributed by atoms with van der Waals surface area (Å²) in [5.41, 5.74) is 8.53. The number of benzene rings is 2. The summed E-state index contributed by atoms with van der Waals surface area (Å²) in [5, 5.41) is 3.46. The minimum atomic E-state index is -3.36. The minimum absolute atomic E-state index is 0.0105. The van der Waals surface area contributed by atoms with Gasteiger partial charge in [0.1, 0.15) is 11.6 Å². The van der Waals surface area contributed by atoms with E-state index in [-0.39, 0.29) is 59.9 Å². The third kappa shape index (κ3) is 7.10. The molecule has 0 saturated carbocycles. The highest BCUT2D eigenvalue weighted by Crippen LogP contribution is 2.39. The molecule has 3 fully saturated rings. The van der Waals surface area contributed by atoms with Gasteiger partial charge in [-0.3, -0.25) is 4.79 Å². The number of nitrogens with zero attached hydrogens (tertiary/aromatic N) is 1. The summed E-state index contributed by atoms with van der Waals surface area (Å²) in [6.07, 6.45) is 3.66. The monoisotopic (exact) mass is 603 g/mol. The topological polar surface area (TPSA) is 102 Å². The summed E-state index contributed by atoms with van der Waals surface area (Å²) in [4.78, 5) is 13.8. The zero-order chi connectivity index (χ0) is 30.0. The predicted molar refractivity (Wildman–Crippen MR) is 159 cm³/mol. The number of ketones is 1. The van der Waals surface area contributed by atoms with Gasteiger partial charge < -0.3 is 15.8 Å². The van der Waals surface area contributed by atoms with E-state index in [1.54, 1.807) is 28.6 Å². The Bertz CT molecular complexity index is 1350. The van der Waals surface area contributed by atoms with Crippen LogP contribution in [0.15, 0.2) is 42.5 Å². The Labute approximate surface area is 248 Å². The molecule has 3 heterocycles. The molecule has 0 aliphatic carbocycles. The highest BCUT2D eigenvalue weighted by Gasteiger charge is 2.39. The second-order valence-electron chi connectivity index (χ2n) is 12.4. The van der Waals surface area contributed by atoms with Crippen molar-refractivity contribution in [2.45, 2.75) is 95.0 Å². The molecule has 3 saturated heterocycles. The largest absolute Gasteiger partial charge is 0.376 e. The van der Waals surface area contributed by atoms with Crippen LogP contribution in [0.4, 0.5) is 8.78 Å². The number of fused-ring (bicyclic) bond motifs is 2. The van der Waals surface area contributed by atoms with E-state index in [1.807, 2.05) is 13.8 Å². The highest BCUT2D eigenvalue weighted by molar-refractivity contribution is 7.89. The number of carbonyl (C=O) groups is 1. The number of hydrogen-bond donors (Lipinski definition) is 2. The molecule has 0 radical (unpaired) electrons. The Morgan fingerprint density at radius 3 is 2.55 bits per heavy atom. The lowest BCUT2D eigenvalue weighted by Gasteiger charge is -2.39. The van der Waals surface area contributed by atoms with E-state index in [0.717, 1.165) is 24.8 Å². The number of Topliss-reactive ketones (excluding diaryl/α,β-unsaturated/α-hetero) is 1. The van der Waals surface area contributed by atoms with Crippen molar-refractivity contribution >= 4 is 15.8 Å². The predicted octanol–water partition coefficient (Wildman–Crippen LogP) is 4.09. The maximum absolute atomic E-state index is 15.2. The third-order valence-electron chi connectivity index (χ3n) is 9.33. The van der Waals surface area contributed by atoms with Gasteiger partial charge in [0.05, 0.1) is 24.0 Å². The van der Waals surface area contributed by atoms with Crippen LogP contribution in [0.1, 0.15) is 68.6 Å². The van der Waals surface area contributed by atoms with E-state index in [2.05, 4.69) is 5.32 Å². The SMILES string of the molecule is C[C@@H]1CC(C(c2ccc(F)cc2)[C@H](N)C(=O)Cc2cccc(F)c2CC[C@H]2CN[C@@H]3CCCS(=O)(=O)N2C3)C[C@H](C)O1. The third-order valence-corrected chi connectivity index (χ3v) is 11.3. The Kier molecular flexibility index (Phi) is 9.79. The van der Waals surface area contributed by atoms with E-state index in [0.29, 0.717) is 43.5 Å². The molecule has 2 bridgehead atoms. The normalized spacial score (nSPS) is 30.7. The van der Waals surface area contributed by atoms with Gasteiger partial charge in [-0.05, 0) is 93.2 Å². The molecule has 42 heavy (non-hydrogen) atoms.